The minimum absolute atomic E-state index is 0.189. The summed E-state index contributed by atoms with van der Waals surface area (Å²) in [6, 6.07) is 19.8. The molecule has 0 aliphatic heterocycles. The number of rotatable bonds is 3. The third-order valence-electron chi connectivity index (χ3n) is 4.45. The lowest BCUT2D eigenvalue weighted by Gasteiger charge is -2.02. The third-order valence-corrected chi connectivity index (χ3v) is 5.21. The van der Waals surface area contributed by atoms with Gasteiger partial charge in [0.1, 0.15) is 0 Å². The molecule has 0 aliphatic rings. The van der Waals surface area contributed by atoms with E-state index in [1.165, 1.54) is 22.1 Å². The maximum Gasteiger partial charge on any atom is 0.257 e. The number of nitrogens with zero attached hydrogens (tertiary/aromatic N) is 2. The molecular weight excluding hydrogens is 356 g/mol. The third kappa shape index (κ3) is 2.96. The van der Waals surface area contributed by atoms with Crippen molar-refractivity contribution in [3.8, 4) is 11.3 Å². The summed E-state index contributed by atoms with van der Waals surface area (Å²) in [5.41, 5.74) is 4.11. The molecule has 5 rings (SSSR count). The van der Waals surface area contributed by atoms with Gasteiger partial charge >= 0.3 is 0 Å². The van der Waals surface area contributed by atoms with Crippen LogP contribution in [0.1, 0.15) is 10.4 Å². The molecule has 6 heteroatoms. The summed E-state index contributed by atoms with van der Waals surface area (Å²) in [6.07, 6.45) is 1.61. The lowest BCUT2D eigenvalue weighted by atomic mass is 10.1. The molecule has 0 fully saturated rings. The molecule has 0 unspecified atom stereocenters. The van der Waals surface area contributed by atoms with E-state index in [2.05, 4.69) is 50.6 Å². The average Bonchev–Trinajstić information content (AvgIpc) is 3.36. The van der Waals surface area contributed by atoms with Crippen LogP contribution >= 0.6 is 11.3 Å². The highest BCUT2D eigenvalue weighted by atomic mass is 32.1. The lowest BCUT2D eigenvalue weighted by molar-refractivity contribution is 0.102. The van der Waals surface area contributed by atoms with E-state index in [1.807, 2.05) is 23.6 Å². The van der Waals surface area contributed by atoms with Crippen LogP contribution in [-0.4, -0.2) is 20.9 Å². The number of aromatic nitrogens is 3. The molecule has 2 N–H and O–H groups in total. The van der Waals surface area contributed by atoms with Gasteiger partial charge in [0.05, 0.1) is 23.1 Å². The normalized spacial score (nSPS) is 11.1. The topological polar surface area (TPSA) is 70.7 Å². The Morgan fingerprint density at radius 1 is 1.00 bits per heavy atom. The summed E-state index contributed by atoms with van der Waals surface area (Å²) in [7, 11) is 0. The Labute approximate surface area is 158 Å². The van der Waals surface area contributed by atoms with Crippen LogP contribution in [0.5, 0.6) is 0 Å². The highest BCUT2D eigenvalue weighted by Gasteiger charge is 2.11. The highest BCUT2D eigenvalue weighted by molar-refractivity contribution is 7.14. The van der Waals surface area contributed by atoms with Crippen LogP contribution in [0.4, 0.5) is 5.13 Å². The van der Waals surface area contributed by atoms with Crippen molar-refractivity contribution in [1.29, 1.82) is 0 Å². The second-order valence-electron chi connectivity index (χ2n) is 6.19. The van der Waals surface area contributed by atoms with Crippen LogP contribution in [0.2, 0.25) is 0 Å². The van der Waals surface area contributed by atoms with Gasteiger partial charge in [-0.2, -0.15) is 0 Å². The van der Waals surface area contributed by atoms with Crippen molar-refractivity contribution in [2.45, 2.75) is 0 Å². The fourth-order valence-electron chi connectivity index (χ4n) is 3.06. The number of hydrogen-bond acceptors (Lipinski definition) is 4. The number of carbonyl (C=O) groups excluding carboxylic acids is 1. The van der Waals surface area contributed by atoms with Gasteiger partial charge in [0.15, 0.2) is 5.13 Å². The van der Waals surface area contributed by atoms with Crippen molar-refractivity contribution in [2.24, 2.45) is 0 Å². The van der Waals surface area contributed by atoms with E-state index >= 15 is 0 Å². The summed E-state index contributed by atoms with van der Waals surface area (Å²) in [4.78, 5) is 24.3. The zero-order valence-corrected chi connectivity index (χ0v) is 15.0. The molecule has 2 aromatic heterocycles. The number of anilines is 1. The van der Waals surface area contributed by atoms with Gasteiger partial charge < -0.3 is 4.98 Å². The fraction of sp³-hybridized carbons (Fsp3) is 0. The average molecular weight is 370 g/mol. The van der Waals surface area contributed by atoms with E-state index in [-0.39, 0.29) is 5.91 Å². The Morgan fingerprint density at radius 2 is 1.89 bits per heavy atom. The molecule has 0 bridgehead atoms. The number of thiazole rings is 1. The first kappa shape index (κ1) is 15.7. The summed E-state index contributed by atoms with van der Waals surface area (Å²) in [5, 5.41) is 7.77. The van der Waals surface area contributed by atoms with E-state index in [1.54, 1.807) is 18.5 Å². The summed E-state index contributed by atoms with van der Waals surface area (Å²) in [5.74, 6) is -0.189. The van der Waals surface area contributed by atoms with Gasteiger partial charge in [-0.1, -0.05) is 36.4 Å². The highest BCUT2D eigenvalue weighted by Crippen LogP contribution is 2.28. The monoisotopic (exact) mass is 370 g/mol. The van der Waals surface area contributed by atoms with Crippen LogP contribution in [-0.2, 0) is 0 Å². The SMILES string of the molecule is O=C(Nc1nc(-c2ccc3ccccc3c2)cs1)c1ccc2nc[nH]c2c1. The van der Waals surface area contributed by atoms with Crippen molar-refractivity contribution in [1.82, 2.24) is 15.0 Å². The molecule has 0 radical (unpaired) electrons. The molecule has 5 nitrogen and oxygen atoms in total. The van der Waals surface area contributed by atoms with Crippen molar-refractivity contribution < 1.29 is 4.79 Å². The minimum atomic E-state index is -0.189. The van der Waals surface area contributed by atoms with Gasteiger partial charge in [0, 0.05) is 16.5 Å². The Hall–Kier alpha value is -3.51. The van der Waals surface area contributed by atoms with Gasteiger partial charge in [-0.05, 0) is 35.0 Å². The van der Waals surface area contributed by atoms with E-state index in [9.17, 15) is 4.79 Å². The van der Waals surface area contributed by atoms with Gasteiger partial charge in [-0.3, -0.25) is 10.1 Å². The Kier molecular flexibility index (Phi) is 3.69. The minimum Gasteiger partial charge on any atom is -0.345 e. The summed E-state index contributed by atoms with van der Waals surface area (Å²) >= 11 is 1.41. The quantitative estimate of drug-likeness (QED) is 0.465. The molecule has 27 heavy (non-hydrogen) atoms. The van der Waals surface area contributed by atoms with Crippen molar-refractivity contribution in [3.63, 3.8) is 0 Å². The molecule has 2 heterocycles. The maximum absolute atomic E-state index is 12.5. The van der Waals surface area contributed by atoms with Crippen LogP contribution < -0.4 is 5.32 Å². The number of amides is 1. The summed E-state index contributed by atoms with van der Waals surface area (Å²) < 4.78 is 0. The van der Waals surface area contributed by atoms with Crippen LogP contribution in [0, 0.1) is 0 Å². The predicted molar refractivity (Wildman–Crippen MR) is 109 cm³/mol. The van der Waals surface area contributed by atoms with E-state index in [4.69, 9.17) is 0 Å². The zero-order valence-electron chi connectivity index (χ0n) is 14.1. The molecule has 0 atom stereocenters. The van der Waals surface area contributed by atoms with Gasteiger partial charge in [0.2, 0.25) is 0 Å². The number of H-pyrrole nitrogens is 1. The van der Waals surface area contributed by atoms with E-state index in [0.717, 1.165) is 22.3 Å². The molecular formula is C21H14N4OS. The smallest absolute Gasteiger partial charge is 0.257 e. The maximum atomic E-state index is 12.5. The summed E-state index contributed by atoms with van der Waals surface area (Å²) in [6.45, 7) is 0. The van der Waals surface area contributed by atoms with Gasteiger partial charge in [0.25, 0.3) is 5.91 Å². The Balaban J connectivity index is 1.40. The molecule has 3 aromatic carbocycles. The van der Waals surface area contributed by atoms with Gasteiger partial charge in [-0.15, -0.1) is 11.3 Å². The first-order valence-corrected chi connectivity index (χ1v) is 9.33. The molecule has 0 aliphatic carbocycles. The van der Waals surface area contributed by atoms with Crippen LogP contribution in [0.3, 0.4) is 0 Å². The van der Waals surface area contributed by atoms with E-state index < -0.39 is 0 Å². The number of nitrogens with one attached hydrogen (secondary N) is 2. The number of fused-ring (bicyclic) bond motifs is 2. The number of aromatic amines is 1. The second-order valence-corrected chi connectivity index (χ2v) is 7.05. The van der Waals surface area contributed by atoms with Crippen LogP contribution in [0.15, 0.2) is 72.4 Å². The standard InChI is InChI=1S/C21H14N4OS/c26-20(16-7-8-17-18(10-16)23-12-22-17)25-21-24-19(11-27-21)15-6-5-13-3-1-2-4-14(13)9-15/h1-12H,(H,22,23)(H,24,25,26). The molecule has 0 saturated carbocycles. The molecule has 1 amide bonds. The van der Waals surface area contributed by atoms with Crippen molar-refractivity contribution in [2.75, 3.05) is 5.32 Å². The van der Waals surface area contributed by atoms with E-state index in [0.29, 0.717) is 10.7 Å². The largest absolute Gasteiger partial charge is 0.345 e. The van der Waals surface area contributed by atoms with Crippen LogP contribution in [0.25, 0.3) is 33.1 Å². The number of benzene rings is 3. The Bertz CT molecular complexity index is 1290. The number of hydrogen-bond donors (Lipinski definition) is 2. The molecule has 0 spiro atoms. The zero-order chi connectivity index (χ0) is 18.2. The Morgan fingerprint density at radius 3 is 2.81 bits per heavy atom. The van der Waals surface area contributed by atoms with Crippen molar-refractivity contribution >= 4 is 44.2 Å². The lowest BCUT2D eigenvalue weighted by Crippen LogP contribution is -2.11. The molecule has 130 valence electrons. The predicted octanol–water partition coefficient (Wildman–Crippen LogP) is 5.09. The van der Waals surface area contributed by atoms with Gasteiger partial charge in [-0.25, -0.2) is 9.97 Å². The van der Waals surface area contributed by atoms with Crippen molar-refractivity contribution in [3.05, 3.63) is 77.9 Å². The molecule has 5 aromatic rings. The second kappa shape index (κ2) is 6.34. The number of carbonyl (C=O) groups is 1. The number of imidazole rings is 1. The first-order valence-electron chi connectivity index (χ1n) is 8.45. The first-order chi connectivity index (χ1) is 13.3. The fourth-order valence-corrected chi connectivity index (χ4v) is 3.77. The molecule has 0 saturated heterocycles.